The summed E-state index contributed by atoms with van der Waals surface area (Å²) in [7, 11) is 0. The van der Waals surface area contributed by atoms with E-state index in [1.165, 1.54) is 0 Å². The highest BCUT2D eigenvalue weighted by Gasteiger charge is 2.18. The summed E-state index contributed by atoms with van der Waals surface area (Å²) in [5.41, 5.74) is 6.02. The van der Waals surface area contributed by atoms with Crippen LogP contribution in [0.3, 0.4) is 0 Å². The topological polar surface area (TPSA) is 55.1 Å². The lowest BCUT2D eigenvalue weighted by atomic mass is 9.87. The molecule has 0 aliphatic heterocycles. The van der Waals surface area contributed by atoms with E-state index in [2.05, 4.69) is 32.0 Å². The van der Waals surface area contributed by atoms with E-state index >= 15 is 0 Å². The fraction of sp³-hybridized carbons (Fsp3) is 0.750. The first kappa shape index (κ1) is 14.0. The number of hydrogen-bond acceptors (Lipinski definition) is 2. The van der Waals surface area contributed by atoms with Gasteiger partial charge in [-0.1, -0.05) is 26.7 Å². The minimum Gasteiger partial charge on any atom is -0.343 e. The average molecular weight is 210 g/mol. The van der Waals surface area contributed by atoms with Gasteiger partial charge in [0.2, 0.25) is 5.91 Å². The van der Waals surface area contributed by atoms with Crippen LogP contribution in [0.15, 0.2) is 0 Å². The summed E-state index contributed by atoms with van der Waals surface area (Å²) in [5.74, 6) is 2.37. The largest absolute Gasteiger partial charge is 0.343 e. The summed E-state index contributed by atoms with van der Waals surface area (Å²) in [6.45, 7) is 8.09. The van der Waals surface area contributed by atoms with Gasteiger partial charge >= 0.3 is 0 Å². The molecule has 0 heterocycles. The lowest BCUT2D eigenvalue weighted by Gasteiger charge is -2.22. The molecule has 0 aliphatic rings. The molecule has 2 unspecified atom stereocenters. The Kier molecular flexibility index (Phi) is 5.38. The van der Waals surface area contributed by atoms with Crippen LogP contribution in [0.25, 0.3) is 0 Å². The number of carbonyl (C=O) groups excluding carboxylic acids is 1. The number of rotatable bonds is 4. The molecule has 2 atom stereocenters. The third-order valence-electron chi connectivity index (χ3n) is 1.95. The molecule has 3 heteroatoms. The number of terminal acetylenes is 1. The molecule has 86 valence electrons. The Morgan fingerprint density at radius 3 is 2.47 bits per heavy atom. The molecule has 0 radical (unpaired) electrons. The number of carbonyl (C=O) groups is 1. The molecule has 0 fully saturated rings. The first-order valence-corrected chi connectivity index (χ1v) is 5.25. The monoisotopic (exact) mass is 210 g/mol. The van der Waals surface area contributed by atoms with Crippen molar-refractivity contribution >= 4 is 5.91 Å². The Bertz CT molecular complexity index is 247. The zero-order valence-electron chi connectivity index (χ0n) is 10.1. The van der Waals surface area contributed by atoms with E-state index in [1.807, 2.05) is 0 Å². The highest BCUT2D eigenvalue weighted by atomic mass is 16.1. The second-order valence-corrected chi connectivity index (χ2v) is 5.18. The third kappa shape index (κ3) is 8.02. The zero-order valence-corrected chi connectivity index (χ0v) is 10.1. The van der Waals surface area contributed by atoms with E-state index in [-0.39, 0.29) is 23.4 Å². The number of nitrogens with two attached hydrogens (primary N) is 1. The van der Waals surface area contributed by atoms with Crippen molar-refractivity contribution in [2.24, 2.45) is 11.1 Å². The maximum atomic E-state index is 11.4. The normalized spacial score (nSPS) is 15.2. The van der Waals surface area contributed by atoms with Gasteiger partial charge in [-0.05, 0) is 18.8 Å². The molecule has 0 bridgehead atoms. The van der Waals surface area contributed by atoms with Crippen LogP contribution in [0.4, 0.5) is 0 Å². The molecule has 3 N–H and O–H groups in total. The van der Waals surface area contributed by atoms with Crippen LogP contribution in [0.2, 0.25) is 0 Å². The van der Waals surface area contributed by atoms with Crippen LogP contribution in [-0.2, 0) is 4.79 Å². The van der Waals surface area contributed by atoms with E-state index in [0.717, 1.165) is 6.42 Å². The van der Waals surface area contributed by atoms with Crippen LogP contribution >= 0.6 is 0 Å². The van der Waals surface area contributed by atoms with Gasteiger partial charge in [0.1, 0.15) is 0 Å². The fourth-order valence-electron chi connectivity index (χ4n) is 1.44. The van der Waals surface area contributed by atoms with Gasteiger partial charge in [-0.15, -0.1) is 6.42 Å². The average Bonchev–Trinajstić information content (AvgIpc) is 1.99. The molecule has 0 saturated carbocycles. The maximum Gasteiger partial charge on any atom is 0.222 e. The Labute approximate surface area is 92.8 Å². The molecule has 0 aromatic carbocycles. The molecule has 0 saturated heterocycles. The van der Waals surface area contributed by atoms with Crippen molar-refractivity contribution in [2.45, 2.75) is 52.6 Å². The Morgan fingerprint density at radius 1 is 1.53 bits per heavy atom. The Balaban J connectivity index is 3.93. The van der Waals surface area contributed by atoms with Crippen LogP contribution in [-0.4, -0.2) is 18.0 Å². The van der Waals surface area contributed by atoms with Gasteiger partial charge in [0.25, 0.3) is 0 Å². The summed E-state index contributed by atoms with van der Waals surface area (Å²) < 4.78 is 0. The lowest BCUT2D eigenvalue weighted by Crippen LogP contribution is -2.37. The van der Waals surface area contributed by atoms with E-state index in [1.54, 1.807) is 6.92 Å². The minimum absolute atomic E-state index is 0.0720. The van der Waals surface area contributed by atoms with Crippen molar-refractivity contribution in [1.29, 1.82) is 0 Å². The second-order valence-electron chi connectivity index (χ2n) is 5.18. The molecule has 0 aromatic rings. The smallest absolute Gasteiger partial charge is 0.222 e. The summed E-state index contributed by atoms with van der Waals surface area (Å²) >= 11 is 0. The summed E-state index contributed by atoms with van der Waals surface area (Å²) in [6, 6.07) is -0.325. The zero-order chi connectivity index (χ0) is 12.1. The summed E-state index contributed by atoms with van der Waals surface area (Å²) in [4.78, 5) is 11.4. The molecule has 3 nitrogen and oxygen atoms in total. The van der Waals surface area contributed by atoms with Crippen molar-refractivity contribution in [1.82, 2.24) is 5.32 Å². The molecule has 0 rings (SSSR count). The summed E-state index contributed by atoms with van der Waals surface area (Å²) in [5, 5.41) is 2.69. The van der Waals surface area contributed by atoms with Crippen molar-refractivity contribution < 1.29 is 4.79 Å². The summed E-state index contributed by atoms with van der Waals surface area (Å²) in [6.07, 6.45) is 6.32. The quantitative estimate of drug-likeness (QED) is 0.687. The predicted octanol–water partition coefficient (Wildman–Crippen LogP) is 1.28. The highest BCUT2D eigenvalue weighted by Crippen LogP contribution is 2.20. The molecular weight excluding hydrogens is 188 g/mol. The standard InChI is InChI=1S/C12H22N2O/c1-6-9(2)14-11(15)7-10(13)8-12(3,4)5/h1,9-10H,7-8,13H2,2-5H3,(H,14,15). The van der Waals surface area contributed by atoms with E-state index in [4.69, 9.17) is 12.2 Å². The molecule has 15 heavy (non-hydrogen) atoms. The molecule has 0 spiro atoms. The second kappa shape index (κ2) is 5.77. The van der Waals surface area contributed by atoms with Crippen molar-refractivity contribution in [3.63, 3.8) is 0 Å². The van der Waals surface area contributed by atoms with Gasteiger partial charge in [-0.2, -0.15) is 0 Å². The van der Waals surface area contributed by atoms with Gasteiger partial charge in [0.05, 0.1) is 6.04 Å². The van der Waals surface area contributed by atoms with Gasteiger partial charge in [-0.25, -0.2) is 0 Å². The molecular formula is C12H22N2O. The van der Waals surface area contributed by atoms with Crippen LogP contribution < -0.4 is 11.1 Å². The number of amides is 1. The SMILES string of the molecule is C#CC(C)NC(=O)CC(N)CC(C)(C)C. The van der Waals surface area contributed by atoms with Gasteiger partial charge < -0.3 is 11.1 Å². The minimum atomic E-state index is -0.223. The molecule has 1 amide bonds. The number of nitrogens with one attached hydrogen (secondary N) is 1. The van der Waals surface area contributed by atoms with Crippen LogP contribution in [0.1, 0.15) is 40.5 Å². The van der Waals surface area contributed by atoms with Gasteiger partial charge in [0, 0.05) is 12.5 Å². The molecule has 0 aliphatic carbocycles. The maximum absolute atomic E-state index is 11.4. The van der Waals surface area contributed by atoms with E-state index in [9.17, 15) is 4.79 Å². The first-order valence-electron chi connectivity index (χ1n) is 5.25. The van der Waals surface area contributed by atoms with Crippen molar-refractivity contribution in [3.05, 3.63) is 0 Å². The lowest BCUT2D eigenvalue weighted by molar-refractivity contribution is -0.121. The van der Waals surface area contributed by atoms with Gasteiger partial charge in [0.15, 0.2) is 0 Å². The molecule has 0 aromatic heterocycles. The fourth-order valence-corrected chi connectivity index (χ4v) is 1.44. The Morgan fingerprint density at radius 2 is 2.07 bits per heavy atom. The highest BCUT2D eigenvalue weighted by molar-refractivity contribution is 5.77. The van der Waals surface area contributed by atoms with Crippen molar-refractivity contribution in [2.75, 3.05) is 0 Å². The van der Waals surface area contributed by atoms with E-state index < -0.39 is 0 Å². The van der Waals surface area contributed by atoms with Crippen molar-refractivity contribution in [3.8, 4) is 12.3 Å². The Hall–Kier alpha value is -1.01. The predicted molar refractivity (Wildman–Crippen MR) is 63.1 cm³/mol. The van der Waals surface area contributed by atoms with Crippen LogP contribution in [0.5, 0.6) is 0 Å². The van der Waals surface area contributed by atoms with E-state index in [0.29, 0.717) is 6.42 Å². The number of hydrogen-bond donors (Lipinski definition) is 2. The first-order chi connectivity index (χ1) is 6.74. The third-order valence-corrected chi connectivity index (χ3v) is 1.95. The van der Waals surface area contributed by atoms with Crippen LogP contribution in [0, 0.1) is 17.8 Å². The van der Waals surface area contributed by atoms with Gasteiger partial charge in [-0.3, -0.25) is 4.79 Å².